The van der Waals surface area contributed by atoms with Crippen LogP contribution in [-0.4, -0.2) is 31.5 Å². The van der Waals surface area contributed by atoms with Crippen molar-refractivity contribution in [2.24, 2.45) is 5.73 Å². The van der Waals surface area contributed by atoms with E-state index in [0.717, 1.165) is 12.0 Å². The summed E-state index contributed by atoms with van der Waals surface area (Å²) in [5.41, 5.74) is 6.53. The summed E-state index contributed by atoms with van der Waals surface area (Å²) in [6.07, 6.45) is 0.233. The van der Waals surface area contributed by atoms with Crippen LogP contribution in [0.5, 0.6) is 0 Å². The Bertz CT molecular complexity index is 300. The average Bonchev–Trinajstić information content (AvgIpc) is 2.31. The summed E-state index contributed by atoms with van der Waals surface area (Å²) in [7, 11) is 1.66. The van der Waals surface area contributed by atoms with Gasteiger partial charge in [0.1, 0.15) is 0 Å². The highest BCUT2D eigenvalue weighted by molar-refractivity contribution is 5.27. The molecule has 0 aliphatic rings. The number of methoxy groups -OCH3 is 1. The predicted octanol–water partition coefficient (Wildman–Crippen LogP) is 1.30. The van der Waals surface area contributed by atoms with Crippen molar-refractivity contribution >= 4 is 0 Å². The zero-order chi connectivity index (χ0) is 12.0. The minimum atomic E-state index is -0.491. The molecule has 0 spiro atoms. The summed E-state index contributed by atoms with van der Waals surface area (Å²) in [6.45, 7) is 2.80. The number of nitrogens with two attached hydrogens (primary N) is 1. The number of rotatable bonds is 6. The monoisotopic (exact) mass is 223 g/mol. The van der Waals surface area contributed by atoms with Gasteiger partial charge in [-0.05, 0) is 18.9 Å². The smallest absolute Gasteiger partial charge is 0.0621 e. The van der Waals surface area contributed by atoms with E-state index < -0.39 is 11.5 Å². The van der Waals surface area contributed by atoms with Crippen molar-refractivity contribution in [3.63, 3.8) is 0 Å². The molecular weight excluding hydrogens is 202 g/mol. The standard InChI is InChI=1S/C13H21NO2/c1-11(15)13(10-14,8-9-16-2)12-6-4-3-5-7-12/h3-7,11,15H,8-10,14H2,1-2H3. The zero-order valence-electron chi connectivity index (χ0n) is 10.0. The second kappa shape index (κ2) is 5.99. The quantitative estimate of drug-likeness (QED) is 0.764. The third kappa shape index (κ3) is 2.61. The normalized spacial score (nSPS) is 16.8. The lowest BCUT2D eigenvalue weighted by Crippen LogP contribution is -2.45. The average molecular weight is 223 g/mol. The van der Waals surface area contributed by atoms with E-state index in [2.05, 4.69) is 0 Å². The van der Waals surface area contributed by atoms with E-state index in [1.54, 1.807) is 14.0 Å². The molecule has 0 aliphatic heterocycles. The molecule has 0 saturated heterocycles. The third-order valence-corrected chi connectivity index (χ3v) is 3.26. The molecule has 3 N–H and O–H groups in total. The number of benzene rings is 1. The van der Waals surface area contributed by atoms with Crippen molar-refractivity contribution in [3.05, 3.63) is 35.9 Å². The van der Waals surface area contributed by atoms with Crippen LogP contribution in [0.15, 0.2) is 30.3 Å². The van der Waals surface area contributed by atoms with Gasteiger partial charge in [-0.15, -0.1) is 0 Å². The molecule has 1 aromatic carbocycles. The molecular formula is C13H21NO2. The van der Waals surface area contributed by atoms with Crippen molar-refractivity contribution < 1.29 is 9.84 Å². The van der Waals surface area contributed by atoms with Crippen LogP contribution < -0.4 is 5.73 Å². The molecule has 0 amide bonds. The molecule has 1 rings (SSSR count). The number of ether oxygens (including phenoxy) is 1. The number of hydrogen-bond donors (Lipinski definition) is 2. The van der Waals surface area contributed by atoms with Crippen molar-refractivity contribution in [2.45, 2.75) is 24.9 Å². The highest BCUT2D eigenvalue weighted by Gasteiger charge is 2.35. The first-order valence-electron chi connectivity index (χ1n) is 5.60. The SMILES string of the molecule is COCCC(CN)(c1ccccc1)C(C)O. The van der Waals surface area contributed by atoms with Gasteiger partial charge in [-0.2, -0.15) is 0 Å². The van der Waals surface area contributed by atoms with E-state index >= 15 is 0 Å². The number of aliphatic hydroxyl groups is 1. The fraction of sp³-hybridized carbons (Fsp3) is 0.538. The Kier molecular flexibility index (Phi) is 4.93. The summed E-state index contributed by atoms with van der Waals surface area (Å²) in [6, 6.07) is 9.91. The van der Waals surface area contributed by atoms with Gasteiger partial charge in [-0.25, -0.2) is 0 Å². The largest absolute Gasteiger partial charge is 0.392 e. The van der Waals surface area contributed by atoms with Crippen molar-refractivity contribution in [3.8, 4) is 0 Å². The van der Waals surface area contributed by atoms with E-state index in [0.29, 0.717) is 13.2 Å². The minimum Gasteiger partial charge on any atom is -0.392 e. The molecule has 0 bridgehead atoms. The first-order valence-corrected chi connectivity index (χ1v) is 5.60. The second-order valence-corrected chi connectivity index (χ2v) is 4.15. The highest BCUT2D eigenvalue weighted by atomic mass is 16.5. The van der Waals surface area contributed by atoms with Crippen LogP contribution in [0, 0.1) is 0 Å². The zero-order valence-corrected chi connectivity index (χ0v) is 10.0. The molecule has 2 atom stereocenters. The lowest BCUT2D eigenvalue weighted by molar-refractivity contribution is 0.0699. The second-order valence-electron chi connectivity index (χ2n) is 4.15. The van der Waals surface area contributed by atoms with Gasteiger partial charge >= 0.3 is 0 Å². The van der Waals surface area contributed by atoms with Crippen LogP contribution in [0.4, 0.5) is 0 Å². The maximum absolute atomic E-state index is 10.0. The molecule has 90 valence electrons. The maximum Gasteiger partial charge on any atom is 0.0621 e. The van der Waals surface area contributed by atoms with Gasteiger partial charge in [0.05, 0.1) is 6.10 Å². The molecule has 0 fully saturated rings. The summed E-state index contributed by atoms with van der Waals surface area (Å²) < 4.78 is 5.10. The van der Waals surface area contributed by atoms with Crippen LogP contribution in [0.2, 0.25) is 0 Å². The predicted molar refractivity (Wildman–Crippen MR) is 65.3 cm³/mol. The maximum atomic E-state index is 10.0. The molecule has 16 heavy (non-hydrogen) atoms. The van der Waals surface area contributed by atoms with Gasteiger partial charge < -0.3 is 15.6 Å². The molecule has 0 radical (unpaired) electrons. The van der Waals surface area contributed by atoms with Gasteiger partial charge in [0.15, 0.2) is 0 Å². The lowest BCUT2D eigenvalue weighted by Gasteiger charge is -2.36. The van der Waals surface area contributed by atoms with Gasteiger partial charge in [-0.1, -0.05) is 30.3 Å². The molecule has 0 aliphatic carbocycles. The van der Waals surface area contributed by atoms with Gasteiger partial charge in [0.25, 0.3) is 0 Å². The van der Waals surface area contributed by atoms with E-state index in [1.165, 1.54) is 0 Å². The Hall–Kier alpha value is -0.900. The molecule has 3 heteroatoms. The Balaban J connectivity index is 3.02. The van der Waals surface area contributed by atoms with E-state index in [4.69, 9.17) is 10.5 Å². The van der Waals surface area contributed by atoms with Crippen LogP contribution in [0.1, 0.15) is 18.9 Å². The molecule has 2 unspecified atom stereocenters. The summed E-state index contributed by atoms with van der Waals surface area (Å²) in [5, 5.41) is 10.0. The van der Waals surface area contributed by atoms with Crippen LogP contribution >= 0.6 is 0 Å². The molecule has 0 heterocycles. The Morgan fingerprint density at radius 3 is 2.44 bits per heavy atom. The van der Waals surface area contributed by atoms with Gasteiger partial charge in [0.2, 0.25) is 0 Å². The van der Waals surface area contributed by atoms with E-state index in [1.807, 2.05) is 30.3 Å². The Morgan fingerprint density at radius 1 is 1.38 bits per heavy atom. The highest BCUT2D eigenvalue weighted by Crippen LogP contribution is 2.30. The van der Waals surface area contributed by atoms with Crippen molar-refractivity contribution in [2.75, 3.05) is 20.3 Å². The molecule has 1 aromatic rings. The number of hydrogen-bond acceptors (Lipinski definition) is 3. The minimum absolute atomic E-state index is 0.405. The van der Waals surface area contributed by atoms with Crippen LogP contribution in [0.3, 0.4) is 0 Å². The fourth-order valence-electron chi connectivity index (χ4n) is 2.04. The Morgan fingerprint density at radius 2 is 2.00 bits per heavy atom. The summed E-state index contributed by atoms with van der Waals surface area (Å²) in [4.78, 5) is 0. The van der Waals surface area contributed by atoms with Gasteiger partial charge in [0, 0.05) is 25.7 Å². The third-order valence-electron chi connectivity index (χ3n) is 3.26. The number of aliphatic hydroxyl groups excluding tert-OH is 1. The van der Waals surface area contributed by atoms with Crippen LogP contribution in [-0.2, 0) is 10.2 Å². The summed E-state index contributed by atoms with van der Waals surface area (Å²) >= 11 is 0. The molecule has 0 saturated carbocycles. The molecule has 3 nitrogen and oxygen atoms in total. The van der Waals surface area contributed by atoms with E-state index in [-0.39, 0.29) is 0 Å². The van der Waals surface area contributed by atoms with Gasteiger partial charge in [-0.3, -0.25) is 0 Å². The first-order chi connectivity index (χ1) is 7.67. The van der Waals surface area contributed by atoms with Crippen molar-refractivity contribution in [1.82, 2.24) is 0 Å². The Labute approximate surface area is 97.2 Å². The van der Waals surface area contributed by atoms with Crippen LogP contribution in [0.25, 0.3) is 0 Å². The lowest BCUT2D eigenvalue weighted by atomic mass is 9.74. The molecule has 0 aromatic heterocycles. The van der Waals surface area contributed by atoms with E-state index in [9.17, 15) is 5.11 Å². The summed E-state index contributed by atoms with van der Waals surface area (Å²) in [5.74, 6) is 0. The topological polar surface area (TPSA) is 55.5 Å². The first kappa shape index (κ1) is 13.2. The van der Waals surface area contributed by atoms with Crippen molar-refractivity contribution in [1.29, 1.82) is 0 Å². The fourth-order valence-corrected chi connectivity index (χ4v) is 2.04.